The van der Waals surface area contributed by atoms with Gasteiger partial charge in [-0.05, 0) is 37.6 Å². The van der Waals surface area contributed by atoms with Gasteiger partial charge in [-0.15, -0.1) is 0 Å². The van der Waals surface area contributed by atoms with E-state index in [0.29, 0.717) is 13.0 Å². The Morgan fingerprint density at radius 1 is 1.33 bits per heavy atom. The number of amides is 1. The smallest absolute Gasteiger partial charge is 0.338 e. The molecule has 2 N–H and O–H groups in total. The van der Waals surface area contributed by atoms with E-state index in [0.717, 1.165) is 12.1 Å². The van der Waals surface area contributed by atoms with Crippen LogP contribution in [0.15, 0.2) is 35.5 Å². The lowest BCUT2D eigenvalue weighted by atomic mass is 10.1. The van der Waals surface area contributed by atoms with Crippen molar-refractivity contribution in [1.82, 2.24) is 0 Å². The monoisotopic (exact) mass is 327 g/mol. The van der Waals surface area contributed by atoms with E-state index in [4.69, 9.17) is 15.7 Å². The zero-order valence-corrected chi connectivity index (χ0v) is 13.2. The molecule has 1 aliphatic heterocycles. The van der Waals surface area contributed by atoms with Crippen LogP contribution in [-0.2, 0) is 14.3 Å². The van der Waals surface area contributed by atoms with Crippen LogP contribution in [0.4, 0.5) is 5.69 Å². The number of nitrogens with two attached hydrogens (primary N) is 1. The van der Waals surface area contributed by atoms with Gasteiger partial charge in [0, 0.05) is 24.4 Å². The second-order valence-corrected chi connectivity index (χ2v) is 5.36. The predicted molar refractivity (Wildman–Crippen MR) is 85.8 cm³/mol. The van der Waals surface area contributed by atoms with E-state index in [1.54, 1.807) is 23.1 Å². The number of nitriles is 1. The summed E-state index contributed by atoms with van der Waals surface area (Å²) in [6.45, 7) is 1.54. The van der Waals surface area contributed by atoms with Gasteiger partial charge in [-0.25, -0.2) is 4.79 Å². The fourth-order valence-electron chi connectivity index (χ4n) is 2.36. The van der Waals surface area contributed by atoms with Crippen molar-refractivity contribution in [2.75, 3.05) is 18.1 Å². The Hall–Kier alpha value is -3.14. The maximum atomic E-state index is 11.9. The fourth-order valence-corrected chi connectivity index (χ4v) is 2.36. The Kier molecular flexibility index (Phi) is 5.32. The van der Waals surface area contributed by atoms with Gasteiger partial charge in [-0.3, -0.25) is 9.59 Å². The molecule has 7 nitrogen and oxygen atoms in total. The zero-order valence-electron chi connectivity index (χ0n) is 13.2. The first kappa shape index (κ1) is 17.2. The van der Waals surface area contributed by atoms with Crippen LogP contribution in [0, 0.1) is 11.3 Å². The van der Waals surface area contributed by atoms with Gasteiger partial charge in [0.25, 0.3) is 0 Å². The highest BCUT2D eigenvalue weighted by Gasteiger charge is 2.22. The third kappa shape index (κ3) is 3.79. The number of rotatable bonds is 5. The summed E-state index contributed by atoms with van der Waals surface area (Å²) in [7, 11) is 0. The summed E-state index contributed by atoms with van der Waals surface area (Å²) in [5.74, 6) is -1.27. The third-order valence-electron chi connectivity index (χ3n) is 3.61. The molecule has 2 rings (SSSR count). The molecule has 0 saturated carbocycles. The average Bonchev–Trinajstić information content (AvgIpc) is 2.99. The Bertz CT molecular complexity index is 740. The molecule has 0 aliphatic carbocycles. The zero-order chi connectivity index (χ0) is 17.7. The normalized spacial score (nSPS) is 14.8. The average molecular weight is 327 g/mol. The van der Waals surface area contributed by atoms with Crippen LogP contribution in [0.2, 0.25) is 0 Å². The summed E-state index contributed by atoms with van der Waals surface area (Å²) in [4.78, 5) is 37.0. The van der Waals surface area contributed by atoms with Crippen LogP contribution in [0.25, 0.3) is 0 Å². The molecule has 1 aliphatic rings. The van der Waals surface area contributed by atoms with Crippen LogP contribution in [0.5, 0.6) is 0 Å². The van der Waals surface area contributed by atoms with E-state index >= 15 is 0 Å². The van der Waals surface area contributed by atoms with Gasteiger partial charge in [0.05, 0.1) is 5.56 Å². The van der Waals surface area contributed by atoms with Crippen LogP contribution in [-0.4, -0.2) is 30.8 Å². The number of hydrogen-bond donors (Lipinski definition) is 1. The molecule has 0 aromatic heterocycles. The lowest BCUT2D eigenvalue weighted by molar-refractivity contribution is -0.118. The van der Waals surface area contributed by atoms with Gasteiger partial charge < -0.3 is 15.4 Å². The third-order valence-corrected chi connectivity index (χ3v) is 3.61. The van der Waals surface area contributed by atoms with Crippen LogP contribution >= 0.6 is 0 Å². The maximum absolute atomic E-state index is 11.9. The van der Waals surface area contributed by atoms with E-state index in [1.165, 1.54) is 19.1 Å². The molecule has 24 heavy (non-hydrogen) atoms. The van der Waals surface area contributed by atoms with Gasteiger partial charge in [0.1, 0.15) is 11.6 Å². The molecular formula is C17H17N3O4. The molecule has 7 heteroatoms. The minimum atomic E-state index is -0.686. The van der Waals surface area contributed by atoms with Gasteiger partial charge in [-0.2, -0.15) is 5.26 Å². The number of hydrogen-bond acceptors (Lipinski definition) is 6. The highest BCUT2D eigenvalue weighted by Crippen LogP contribution is 2.21. The van der Waals surface area contributed by atoms with E-state index in [9.17, 15) is 14.4 Å². The van der Waals surface area contributed by atoms with Crippen molar-refractivity contribution in [2.24, 2.45) is 5.73 Å². The molecule has 1 saturated heterocycles. The first-order chi connectivity index (χ1) is 11.4. The number of ketones is 1. The predicted octanol–water partition coefficient (Wildman–Crippen LogP) is 1.30. The molecule has 0 bridgehead atoms. The van der Waals surface area contributed by atoms with Crippen molar-refractivity contribution in [2.45, 2.75) is 19.8 Å². The van der Waals surface area contributed by atoms with E-state index < -0.39 is 18.4 Å². The SMILES string of the molecule is C/C(N)=C(/C#N)C(=O)COC(=O)c1ccc(N2CCCC2=O)cc1. The molecule has 1 fully saturated rings. The van der Waals surface area contributed by atoms with Crippen molar-refractivity contribution in [3.8, 4) is 6.07 Å². The Balaban J connectivity index is 1.98. The second kappa shape index (κ2) is 7.42. The quantitative estimate of drug-likeness (QED) is 0.495. The fraction of sp³-hybridized carbons (Fsp3) is 0.294. The molecule has 1 amide bonds. The summed E-state index contributed by atoms with van der Waals surface area (Å²) in [5, 5.41) is 8.82. The molecule has 0 unspecified atom stereocenters. The number of nitrogens with zero attached hydrogens (tertiary/aromatic N) is 2. The lowest BCUT2D eigenvalue weighted by Crippen LogP contribution is -2.23. The number of carbonyl (C=O) groups excluding carboxylic acids is 3. The topological polar surface area (TPSA) is 113 Å². The van der Waals surface area contributed by atoms with Crippen LogP contribution < -0.4 is 10.6 Å². The lowest BCUT2D eigenvalue weighted by Gasteiger charge is -2.15. The standard InChI is InChI=1S/C17H17N3O4/c1-11(19)14(9-18)15(21)10-24-17(23)12-4-6-13(7-5-12)20-8-2-3-16(20)22/h4-7H,2-3,8,10,19H2,1H3/b14-11+. The summed E-state index contributed by atoms with van der Waals surface area (Å²) in [6.07, 6.45) is 1.35. The van der Waals surface area contributed by atoms with E-state index in [1.807, 2.05) is 0 Å². The Morgan fingerprint density at radius 2 is 2.00 bits per heavy atom. The molecule has 0 radical (unpaired) electrons. The summed E-state index contributed by atoms with van der Waals surface area (Å²) >= 11 is 0. The highest BCUT2D eigenvalue weighted by atomic mass is 16.5. The van der Waals surface area contributed by atoms with Crippen LogP contribution in [0.1, 0.15) is 30.1 Å². The maximum Gasteiger partial charge on any atom is 0.338 e. The highest BCUT2D eigenvalue weighted by molar-refractivity contribution is 6.02. The van der Waals surface area contributed by atoms with E-state index in [-0.39, 0.29) is 22.7 Å². The van der Waals surface area contributed by atoms with Crippen molar-refractivity contribution < 1.29 is 19.1 Å². The van der Waals surface area contributed by atoms with Crippen LogP contribution in [0.3, 0.4) is 0 Å². The van der Waals surface area contributed by atoms with Gasteiger partial charge in [0.15, 0.2) is 6.61 Å². The van der Waals surface area contributed by atoms with Crippen molar-refractivity contribution >= 4 is 23.3 Å². The Morgan fingerprint density at radius 3 is 2.50 bits per heavy atom. The number of ether oxygens (including phenoxy) is 1. The second-order valence-electron chi connectivity index (χ2n) is 5.36. The number of Topliss-reactive ketones (excluding diaryl/α,β-unsaturated/α-hetero) is 1. The summed E-state index contributed by atoms with van der Waals surface area (Å²) < 4.78 is 4.90. The first-order valence-electron chi connectivity index (χ1n) is 7.41. The molecular weight excluding hydrogens is 310 g/mol. The number of carbonyl (C=O) groups is 3. The largest absolute Gasteiger partial charge is 0.454 e. The molecule has 1 aromatic carbocycles. The van der Waals surface area contributed by atoms with Gasteiger partial charge in [0.2, 0.25) is 11.7 Å². The van der Waals surface area contributed by atoms with Crippen molar-refractivity contribution in [3.05, 3.63) is 41.1 Å². The first-order valence-corrected chi connectivity index (χ1v) is 7.41. The van der Waals surface area contributed by atoms with Gasteiger partial charge >= 0.3 is 5.97 Å². The number of anilines is 1. The van der Waals surface area contributed by atoms with Crippen molar-refractivity contribution in [1.29, 1.82) is 5.26 Å². The number of allylic oxidation sites excluding steroid dienone is 1. The number of benzene rings is 1. The molecule has 1 heterocycles. The summed E-state index contributed by atoms with van der Waals surface area (Å²) in [5.41, 5.74) is 6.26. The summed E-state index contributed by atoms with van der Waals surface area (Å²) in [6, 6.07) is 8.06. The molecule has 124 valence electrons. The number of esters is 1. The van der Waals surface area contributed by atoms with E-state index in [2.05, 4.69) is 0 Å². The molecule has 0 spiro atoms. The van der Waals surface area contributed by atoms with Crippen molar-refractivity contribution in [3.63, 3.8) is 0 Å². The van der Waals surface area contributed by atoms with Gasteiger partial charge in [-0.1, -0.05) is 0 Å². The Labute approximate surface area is 139 Å². The molecule has 0 atom stereocenters. The molecule has 1 aromatic rings. The minimum Gasteiger partial charge on any atom is -0.454 e. The minimum absolute atomic E-state index is 0.0592.